The maximum atomic E-state index is 13.1. The van der Waals surface area contributed by atoms with Gasteiger partial charge in [-0.1, -0.05) is 19.4 Å². The summed E-state index contributed by atoms with van der Waals surface area (Å²) in [5.74, 6) is -0.973. The van der Waals surface area contributed by atoms with Crippen molar-refractivity contribution in [3.8, 4) is 0 Å². The van der Waals surface area contributed by atoms with Gasteiger partial charge in [0.25, 0.3) is 0 Å². The van der Waals surface area contributed by atoms with E-state index in [-0.39, 0.29) is 18.4 Å². The fourth-order valence-corrected chi connectivity index (χ4v) is 1.63. The summed E-state index contributed by atoms with van der Waals surface area (Å²) in [5.41, 5.74) is 0.387. The van der Waals surface area contributed by atoms with Gasteiger partial charge in [0.1, 0.15) is 12.4 Å². The van der Waals surface area contributed by atoms with E-state index in [1.807, 2.05) is 6.92 Å². The van der Waals surface area contributed by atoms with Crippen LogP contribution in [0.15, 0.2) is 24.3 Å². The molecule has 0 heterocycles. The molecule has 0 radical (unpaired) electrons. The van der Waals surface area contributed by atoms with Crippen LogP contribution < -0.4 is 10.2 Å². The minimum Gasteiger partial charge on any atom is -0.355 e. The van der Waals surface area contributed by atoms with Crippen LogP contribution in [-0.2, 0) is 9.59 Å². The lowest BCUT2D eigenvalue weighted by Crippen LogP contribution is -2.40. The fraction of sp³-hybridized carbons (Fsp3) is 0.429. The van der Waals surface area contributed by atoms with Gasteiger partial charge in [0.05, 0.1) is 0 Å². The van der Waals surface area contributed by atoms with E-state index >= 15 is 0 Å². The molecule has 1 rings (SSSR count). The number of carbonyl (C=O) groups is 2. The minimum absolute atomic E-state index is 0.0947. The molecule has 0 aliphatic rings. The van der Waals surface area contributed by atoms with E-state index in [1.165, 1.54) is 30.0 Å². The summed E-state index contributed by atoms with van der Waals surface area (Å²) in [5, 5.41) is 2.73. The van der Waals surface area contributed by atoms with Gasteiger partial charge in [-0.3, -0.25) is 9.59 Å². The number of amides is 2. The number of nitrogens with zero attached hydrogens (tertiary/aromatic N) is 1. The van der Waals surface area contributed by atoms with Crippen LogP contribution in [0.4, 0.5) is 10.1 Å². The highest BCUT2D eigenvalue weighted by molar-refractivity contribution is 5.97. The van der Waals surface area contributed by atoms with Crippen molar-refractivity contribution in [2.24, 2.45) is 0 Å². The summed E-state index contributed by atoms with van der Waals surface area (Å²) in [6.45, 7) is 3.87. The van der Waals surface area contributed by atoms with Gasteiger partial charge in [0.2, 0.25) is 11.8 Å². The van der Waals surface area contributed by atoms with Gasteiger partial charge >= 0.3 is 0 Å². The van der Waals surface area contributed by atoms with Crippen LogP contribution in [-0.4, -0.2) is 24.9 Å². The number of halogens is 1. The number of benzene rings is 1. The van der Waals surface area contributed by atoms with Crippen molar-refractivity contribution in [1.29, 1.82) is 0 Å². The molecule has 1 aromatic rings. The summed E-state index contributed by atoms with van der Waals surface area (Å²) in [7, 11) is 0. The molecule has 0 aliphatic heterocycles. The third-order valence-electron chi connectivity index (χ3n) is 2.65. The number of hydrogen-bond donors (Lipinski definition) is 1. The molecule has 0 bridgehead atoms. The van der Waals surface area contributed by atoms with E-state index in [9.17, 15) is 14.0 Å². The van der Waals surface area contributed by atoms with Crippen molar-refractivity contribution in [3.05, 3.63) is 30.1 Å². The Hall–Kier alpha value is -1.91. The zero-order valence-corrected chi connectivity index (χ0v) is 11.3. The molecule has 2 amide bonds. The molecule has 0 aliphatic carbocycles. The molecule has 0 unspecified atom stereocenters. The molecule has 1 N–H and O–H groups in total. The van der Waals surface area contributed by atoms with Gasteiger partial charge in [-0.2, -0.15) is 0 Å². The zero-order chi connectivity index (χ0) is 14.3. The number of carbonyl (C=O) groups excluding carboxylic acids is 2. The Morgan fingerprint density at radius 1 is 1.37 bits per heavy atom. The number of nitrogens with one attached hydrogen (secondary N) is 1. The molecule has 0 fully saturated rings. The van der Waals surface area contributed by atoms with E-state index in [4.69, 9.17) is 0 Å². The van der Waals surface area contributed by atoms with Gasteiger partial charge in [0, 0.05) is 19.2 Å². The fourth-order valence-electron chi connectivity index (χ4n) is 1.63. The third-order valence-corrected chi connectivity index (χ3v) is 2.65. The predicted molar refractivity (Wildman–Crippen MR) is 72.3 cm³/mol. The zero-order valence-electron chi connectivity index (χ0n) is 11.3. The lowest BCUT2D eigenvalue weighted by molar-refractivity contribution is -0.123. The quantitative estimate of drug-likeness (QED) is 0.802. The summed E-state index contributed by atoms with van der Waals surface area (Å²) >= 11 is 0. The number of anilines is 1. The largest absolute Gasteiger partial charge is 0.355 e. The Balaban J connectivity index is 2.68. The van der Waals surface area contributed by atoms with Crippen LogP contribution in [0, 0.1) is 5.82 Å². The van der Waals surface area contributed by atoms with Gasteiger partial charge in [-0.25, -0.2) is 4.39 Å². The Bertz CT molecular complexity index is 449. The van der Waals surface area contributed by atoms with Crippen LogP contribution in [0.25, 0.3) is 0 Å². The van der Waals surface area contributed by atoms with Crippen molar-refractivity contribution >= 4 is 17.5 Å². The first-order chi connectivity index (χ1) is 9.04. The van der Waals surface area contributed by atoms with Gasteiger partial charge in [0.15, 0.2) is 0 Å². The Morgan fingerprint density at radius 3 is 2.68 bits per heavy atom. The van der Waals surface area contributed by atoms with Crippen molar-refractivity contribution in [2.75, 3.05) is 18.0 Å². The molecule has 0 aromatic heterocycles. The SMILES string of the molecule is CCCCNC(=O)CN(C(C)=O)c1cccc(F)c1. The highest BCUT2D eigenvalue weighted by Crippen LogP contribution is 2.15. The van der Waals surface area contributed by atoms with E-state index in [1.54, 1.807) is 6.07 Å². The van der Waals surface area contributed by atoms with Gasteiger partial charge in [-0.05, 0) is 24.6 Å². The Labute approximate surface area is 112 Å². The van der Waals surface area contributed by atoms with E-state index in [2.05, 4.69) is 5.32 Å². The van der Waals surface area contributed by atoms with E-state index < -0.39 is 5.82 Å². The van der Waals surface area contributed by atoms with Crippen molar-refractivity contribution in [2.45, 2.75) is 26.7 Å². The van der Waals surface area contributed by atoms with Crippen LogP contribution in [0.2, 0.25) is 0 Å². The second-order valence-electron chi connectivity index (χ2n) is 4.29. The first-order valence-corrected chi connectivity index (χ1v) is 6.35. The average Bonchev–Trinajstić information content (AvgIpc) is 2.36. The van der Waals surface area contributed by atoms with Crippen molar-refractivity contribution in [3.63, 3.8) is 0 Å². The first-order valence-electron chi connectivity index (χ1n) is 6.35. The van der Waals surface area contributed by atoms with Gasteiger partial charge < -0.3 is 10.2 Å². The number of rotatable bonds is 6. The number of unbranched alkanes of at least 4 members (excludes halogenated alkanes) is 1. The van der Waals surface area contributed by atoms with E-state index in [0.717, 1.165) is 12.8 Å². The standard InChI is InChI=1S/C14H19FN2O2/c1-3-4-8-16-14(19)10-17(11(2)18)13-7-5-6-12(15)9-13/h5-7,9H,3-4,8,10H2,1-2H3,(H,16,19). The van der Waals surface area contributed by atoms with Crippen LogP contribution in [0.3, 0.4) is 0 Å². The number of hydrogen-bond acceptors (Lipinski definition) is 2. The molecule has 1 aromatic carbocycles. The average molecular weight is 266 g/mol. The molecule has 5 heteroatoms. The van der Waals surface area contributed by atoms with Gasteiger partial charge in [-0.15, -0.1) is 0 Å². The first kappa shape index (κ1) is 15.1. The van der Waals surface area contributed by atoms with E-state index in [0.29, 0.717) is 12.2 Å². The second-order valence-corrected chi connectivity index (χ2v) is 4.29. The maximum Gasteiger partial charge on any atom is 0.240 e. The second kappa shape index (κ2) is 7.51. The summed E-state index contributed by atoms with van der Waals surface area (Å²) in [4.78, 5) is 24.5. The highest BCUT2D eigenvalue weighted by atomic mass is 19.1. The molecule has 0 saturated heterocycles. The van der Waals surface area contributed by atoms with Crippen LogP contribution >= 0.6 is 0 Å². The predicted octanol–water partition coefficient (Wildman–Crippen LogP) is 2.09. The Morgan fingerprint density at radius 2 is 2.11 bits per heavy atom. The minimum atomic E-state index is -0.435. The molecule has 0 spiro atoms. The molecule has 4 nitrogen and oxygen atoms in total. The molecular weight excluding hydrogens is 247 g/mol. The van der Waals surface area contributed by atoms with Crippen LogP contribution in [0.1, 0.15) is 26.7 Å². The monoisotopic (exact) mass is 266 g/mol. The Kier molecular flexibility index (Phi) is 5.99. The van der Waals surface area contributed by atoms with Crippen LogP contribution in [0.5, 0.6) is 0 Å². The molecule has 19 heavy (non-hydrogen) atoms. The molecular formula is C14H19FN2O2. The smallest absolute Gasteiger partial charge is 0.240 e. The topological polar surface area (TPSA) is 49.4 Å². The molecule has 0 atom stereocenters. The lowest BCUT2D eigenvalue weighted by atomic mass is 10.2. The maximum absolute atomic E-state index is 13.1. The summed E-state index contributed by atoms with van der Waals surface area (Å²) < 4.78 is 13.1. The summed E-state index contributed by atoms with van der Waals surface area (Å²) in [6, 6.07) is 5.64. The van der Waals surface area contributed by atoms with Crippen molar-refractivity contribution < 1.29 is 14.0 Å². The van der Waals surface area contributed by atoms with Crippen molar-refractivity contribution in [1.82, 2.24) is 5.32 Å². The lowest BCUT2D eigenvalue weighted by Gasteiger charge is -2.20. The highest BCUT2D eigenvalue weighted by Gasteiger charge is 2.15. The normalized spacial score (nSPS) is 10.1. The summed E-state index contributed by atoms with van der Waals surface area (Å²) in [6.07, 6.45) is 1.88. The molecule has 104 valence electrons. The molecule has 0 saturated carbocycles. The third kappa shape index (κ3) is 5.07.